The van der Waals surface area contributed by atoms with Gasteiger partial charge in [0.1, 0.15) is 11.4 Å². The van der Waals surface area contributed by atoms with E-state index >= 15 is 0 Å². The lowest BCUT2D eigenvalue weighted by Crippen LogP contribution is -2.48. The Balaban J connectivity index is 1.90. The second-order valence-electron chi connectivity index (χ2n) is 6.89. The Morgan fingerprint density at radius 1 is 1.27 bits per heavy atom. The Morgan fingerprint density at radius 3 is 2.58 bits per heavy atom. The largest absolute Gasteiger partial charge is 0.497 e. The van der Waals surface area contributed by atoms with Crippen molar-refractivity contribution in [1.29, 1.82) is 0 Å². The Kier molecular flexibility index (Phi) is 4.87. The molecule has 1 aliphatic rings. The molecule has 1 saturated heterocycles. The lowest BCUT2D eigenvalue weighted by molar-refractivity contribution is -0.0177. The van der Waals surface area contributed by atoms with Crippen molar-refractivity contribution in [2.45, 2.75) is 38.3 Å². The zero-order valence-corrected chi connectivity index (χ0v) is 15.3. The summed E-state index contributed by atoms with van der Waals surface area (Å²) in [5.41, 5.74) is 0.317. The summed E-state index contributed by atoms with van der Waals surface area (Å²) in [6, 6.07) is 9.82. The summed E-state index contributed by atoms with van der Waals surface area (Å²) in [7, 11) is 1.59. The fourth-order valence-electron chi connectivity index (χ4n) is 3.68. The third-order valence-electron chi connectivity index (χ3n) is 5.18. The predicted octanol–water partition coefficient (Wildman–Crippen LogP) is 2.20. The molecule has 138 valence electrons. The molecule has 2 heterocycles. The average Bonchev–Trinajstić information content (AvgIpc) is 3.12. The number of H-pyrrole nitrogens is 1. The maximum absolute atomic E-state index is 13.0. The van der Waals surface area contributed by atoms with E-state index in [0.29, 0.717) is 30.0 Å². The molecule has 0 saturated carbocycles. The van der Waals surface area contributed by atoms with E-state index in [1.54, 1.807) is 44.1 Å². The number of rotatable bonds is 4. The molecule has 0 aliphatic carbocycles. The van der Waals surface area contributed by atoms with Gasteiger partial charge in [-0.1, -0.05) is 12.1 Å². The van der Waals surface area contributed by atoms with Crippen LogP contribution in [-0.4, -0.2) is 40.6 Å². The molecule has 2 aromatic rings. The quantitative estimate of drug-likeness (QED) is 0.880. The predicted molar refractivity (Wildman–Crippen MR) is 98.4 cm³/mol. The molecule has 1 aromatic carbocycles. The molecule has 3 rings (SSSR count). The summed E-state index contributed by atoms with van der Waals surface area (Å²) in [6.07, 6.45) is 1.54. The number of ether oxygens (including phenoxy) is 1. The van der Waals surface area contributed by atoms with Crippen LogP contribution >= 0.6 is 0 Å². The van der Waals surface area contributed by atoms with Gasteiger partial charge in [0.15, 0.2) is 0 Å². The van der Waals surface area contributed by atoms with Gasteiger partial charge in [0.2, 0.25) is 5.56 Å². The van der Waals surface area contributed by atoms with E-state index in [9.17, 15) is 14.7 Å². The first-order chi connectivity index (χ1) is 12.3. The van der Waals surface area contributed by atoms with Gasteiger partial charge in [-0.25, -0.2) is 0 Å². The van der Waals surface area contributed by atoms with Crippen LogP contribution in [0.5, 0.6) is 5.75 Å². The highest BCUT2D eigenvalue weighted by Gasteiger charge is 2.43. The molecule has 0 unspecified atom stereocenters. The minimum atomic E-state index is -1.19. The average molecular weight is 356 g/mol. The van der Waals surface area contributed by atoms with Crippen LogP contribution in [0.25, 0.3) is 0 Å². The van der Waals surface area contributed by atoms with Crippen molar-refractivity contribution in [2.24, 2.45) is 0 Å². The molecule has 1 aliphatic heterocycles. The minimum Gasteiger partial charge on any atom is -0.497 e. The number of pyridine rings is 1. The van der Waals surface area contributed by atoms with Crippen LogP contribution in [0.4, 0.5) is 0 Å². The highest BCUT2D eigenvalue weighted by molar-refractivity contribution is 5.95. The summed E-state index contributed by atoms with van der Waals surface area (Å²) in [5.74, 6) is 0.544. The van der Waals surface area contributed by atoms with E-state index in [2.05, 4.69) is 4.98 Å². The summed E-state index contributed by atoms with van der Waals surface area (Å²) in [5, 5.41) is 11.2. The molecule has 0 spiro atoms. The number of carbonyl (C=O) groups is 1. The van der Waals surface area contributed by atoms with E-state index in [1.165, 1.54) is 6.07 Å². The number of hydrogen-bond donors (Lipinski definition) is 2. The topological polar surface area (TPSA) is 82.6 Å². The van der Waals surface area contributed by atoms with Gasteiger partial charge >= 0.3 is 0 Å². The Hall–Kier alpha value is -2.60. The monoisotopic (exact) mass is 356 g/mol. The maximum atomic E-state index is 13.0. The Morgan fingerprint density at radius 2 is 1.96 bits per heavy atom. The van der Waals surface area contributed by atoms with Gasteiger partial charge < -0.3 is 19.7 Å². The number of methoxy groups -OCH3 is 1. The molecule has 1 aromatic heterocycles. The van der Waals surface area contributed by atoms with Gasteiger partial charge in [-0.2, -0.15) is 0 Å². The summed E-state index contributed by atoms with van der Waals surface area (Å²) < 4.78 is 5.17. The van der Waals surface area contributed by atoms with Gasteiger partial charge in [-0.3, -0.25) is 9.59 Å². The number of carbonyl (C=O) groups excluding carboxylic acids is 1. The van der Waals surface area contributed by atoms with E-state index in [4.69, 9.17) is 4.74 Å². The molecule has 2 N–H and O–H groups in total. The summed E-state index contributed by atoms with van der Waals surface area (Å²) in [4.78, 5) is 28.8. The standard InChI is InChI=1S/C20H24N2O4/c1-13-16(10-11-18(23)21-13)19(24)22-12-4-5-17(22)20(2,25)14-6-8-15(26-3)9-7-14/h6-11,17,25H,4-5,12H2,1-3H3,(H,21,23)/t17-,20+/m0/s1. The zero-order chi connectivity index (χ0) is 18.9. The lowest BCUT2D eigenvalue weighted by atomic mass is 9.86. The smallest absolute Gasteiger partial charge is 0.255 e. The Labute approximate surface area is 152 Å². The minimum absolute atomic E-state index is 0.171. The van der Waals surface area contributed by atoms with Crippen molar-refractivity contribution in [2.75, 3.05) is 13.7 Å². The van der Waals surface area contributed by atoms with Crippen molar-refractivity contribution < 1.29 is 14.6 Å². The zero-order valence-electron chi connectivity index (χ0n) is 15.3. The number of aromatic amines is 1. The third-order valence-corrected chi connectivity index (χ3v) is 5.18. The first-order valence-electron chi connectivity index (χ1n) is 8.72. The number of amides is 1. The molecule has 1 amide bonds. The molecule has 6 heteroatoms. The molecular weight excluding hydrogens is 332 g/mol. The van der Waals surface area contributed by atoms with Gasteiger partial charge in [0.05, 0.1) is 18.7 Å². The van der Waals surface area contributed by atoms with Gasteiger partial charge in [0.25, 0.3) is 5.91 Å². The number of benzene rings is 1. The Bertz CT molecular complexity index is 855. The summed E-state index contributed by atoms with van der Waals surface area (Å²) >= 11 is 0. The van der Waals surface area contributed by atoms with Crippen molar-refractivity contribution in [3.63, 3.8) is 0 Å². The maximum Gasteiger partial charge on any atom is 0.255 e. The van der Waals surface area contributed by atoms with Crippen LogP contribution < -0.4 is 10.3 Å². The molecule has 2 atom stereocenters. The fourth-order valence-corrected chi connectivity index (χ4v) is 3.68. The van der Waals surface area contributed by atoms with E-state index in [1.807, 2.05) is 12.1 Å². The van der Waals surface area contributed by atoms with Crippen LogP contribution in [0.15, 0.2) is 41.2 Å². The number of likely N-dealkylation sites (tertiary alicyclic amines) is 1. The molecular formula is C20H24N2O4. The lowest BCUT2D eigenvalue weighted by Gasteiger charge is -2.37. The number of hydrogen-bond acceptors (Lipinski definition) is 4. The second-order valence-corrected chi connectivity index (χ2v) is 6.89. The first kappa shape index (κ1) is 18.2. The van der Waals surface area contributed by atoms with Crippen LogP contribution in [-0.2, 0) is 5.60 Å². The van der Waals surface area contributed by atoms with Crippen LogP contribution in [0, 0.1) is 6.92 Å². The van der Waals surface area contributed by atoms with Crippen molar-refractivity contribution in [3.8, 4) is 5.75 Å². The van der Waals surface area contributed by atoms with E-state index in [0.717, 1.165) is 12.0 Å². The number of aliphatic hydroxyl groups is 1. The molecule has 6 nitrogen and oxygen atoms in total. The SMILES string of the molecule is COc1ccc([C@@](C)(O)[C@@H]2CCCN2C(=O)c2ccc(=O)[nH]c2C)cc1. The molecule has 1 fully saturated rings. The summed E-state index contributed by atoms with van der Waals surface area (Å²) in [6.45, 7) is 4.03. The molecule has 0 bridgehead atoms. The van der Waals surface area contributed by atoms with E-state index < -0.39 is 5.60 Å². The van der Waals surface area contributed by atoms with E-state index in [-0.39, 0.29) is 17.5 Å². The number of nitrogens with one attached hydrogen (secondary N) is 1. The van der Waals surface area contributed by atoms with Crippen molar-refractivity contribution >= 4 is 5.91 Å². The van der Waals surface area contributed by atoms with Gasteiger partial charge in [-0.15, -0.1) is 0 Å². The first-order valence-corrected chi connectivity index (χ1v) is 8.72. The fraction of sp³-hybridized carbons (Fsp3) is 0.400. The van der Waals surface area contributed by atoms with Crippen LogP contribution in [0.1, 0.15) is 41.4 Å². The van der Waals surface area contributed by atoms with Crippen molar-refractivity contribution in [3.05, 3.63) is 63.6 Å². The molecule has 26 heavy (non-hydrogen) atoms. The second kappa shape index (κ2) is 6.96. The van der Waals surface area contributed by atoms with Crippen molar-refractivity contribution in [1.82, 2.24) is 9.88 Å². The number of aromatic nitrogens is 1. The normalized spacial score (nSPS) is 19.2. The highest BCUT2D eigenvalue weighted by atomic mass is 16.5. The van der Waals surface area contributed by atoms with Gasteiger partial charge in [0, 0.05) is 18.3 Å². The number of aryl methyl sites for hydroxylation is 1. The number of nitrogens with zero attached hydrogens (tertiary/aromatic N) is 1. The van der Waals surface area contributed by atoms with Gasteiger partial charge in [-0.05, 0) is 50.5 Å². The molecule has 0 radical (unpaired) electrons. The third kappa shape index (κ3) is 3.24. The highest BCUT2D eigenvalue weighted by Crippen LogP contribution is 2.36. The van der Waals surface area contributed by atoms with Crippen LogP contribution in [0.3, 0.4) is 0 Å². The van der Waals surface area contributed by atoms with Crippen LogP contribution in [0.2, 0.25) is 0 Å².